The van der Waals surface area contributed by atoms with Crippen molar-refractivity contribution < 1.29 is 13.9 Å². The predicted octanol–water partition coefficient (Wildman–Crippen LogP) is 2.70. The molecule has 1 unspecified atom stereocenters. The summed E-state index contributed by atoms with van der Waals surface area (Å²) in [4.78, 5) is 12.5. The van der Waals surface area contributed by atoms with Crippen molar-refractivity contribution in [2.75, 3.05) is 19.0 Å². The molecular formula is C15H21FN2O2. The average Bonchev–Trinajstić information content (AvgIpc) is 2.91. The van der Waals surface area contributed by atoms with Gasteiger partial charge in [-0.05, 0) is 37.9 Å². The van der Waals surface area contributed by atoms with Crippen molar-refractivity contribution in [2.45, 2.75) is 38.1 Å². The normalized spacial score (nSPS) is 21.8. The van der Waals surface area contributed by atoms with Crippen molar-refractivity contribution >= 4 is 11.6 Å². The molecule has 1 fully saturated rings. The van der Waals surface area contributed by atoms with Crippen molar-refractivity contribution in [2.24, 2.45) is 0 Å². The maximum Gasteiger partial charge on any atom is 0.244 e. The highest BCUT2D eigenvalue weighted by Gasteiger charge is 2.40. The number of carbonyl (C=O) groups is 1. The minimum absolute atomic E-state index is 0.163. The third-order valence-corrected chi connectivity index (χ3v) is 3.78. The van der Waals surface area contributed by atoms with Gasteiger partial charge in [-0.1, -0.05) is 13.3 Å². The van der Waals surface area contributed by atoms with Gasteiger partial charge in [-0.15, -0.1) is 0 Å². The highest BCUT2D eigenvalue weighted by Crippen LogP contribution is 2.28. The standard InChI is InChI=1S/C15H21FN2O2/c1-3-7-15(8-4-9-17-15)14(19)18-13-10-11(20-2)5-6-12(13)16/h5-6,10,17H,3-4,7-9H2,1-2H3,(H,18,19). The molecule has 1 atom stereocenters. The van der Waals surface area contributed by atoms with E-state index in [2.05, 4.69) is 10.6 Å². The second-order valence-electron chi connectivity index (χ2n) is 5.16. The quantitative estimate of drug-likeness (QED) is 0.872. The summed E-state index contributed by atoms with van der Waals surface area (Å²) in [6.07, 6.45) is 3.41. The van der Waals surface area contributed by atoms with Gasteiger partial charge in [-0.2, -0.15) is 0 Å². The van der Waals surface area contributed by atoms with E-state index in [1.807, 2.05) is 6.92 Å². The number of anilines is 1. The summed E-state index contributed by atoms with van der Waals surface area (Å²) >= 11 is 0. The van der Waals surface area contributed by atoms with Gasteiger partial charge < -0.3 is 15.4 Å². The fourth-order valence-corrected chi connectivity index (χ4v) is 2.72. The first kappa shape index (κ1) is 14.8. The lowest BCUT2D eigenvalue weighted by Gasteiger charge is -2.28. The van der Waals surface area contributed by atoms with Crippen LogP contribution in [0.5, 0.6) is 5.75 Å². The van der Waals surface area contributed by atoms with E-state index in [4.69, 9.17) is 4.74 Å². The topological polar surface area (TPSA) is 50.4 Å². The summed E-state index contributed by atoms with van der Waals surface area (Å²) < 4.78 is 18.8. The maximum atomic E-state index is 13.8. The fraction of sp³-hybridized carbons (Fsp3) is 0.533. The summed E-state index contributed by atoms with van der Waals surface area (Å²) in [6, 6.07) is 4.32. The zero-order valence-electron chi connectivity index (χ0n) is 12.0. The number of ether oxygens (including phenoxy) is 1. The van der Waals surface area contributed by atoms with Gasteiger partial charge in [0, 0.05) is 6.07 Å². The molecule has 2 rings (SSSR count). The lowest BCUT2D eigenvalue weighted by Crippen LogP contribution is -2.50. The summed E-state index contributed by atoms with van der Waals surface area (Å²) in [7, 11) is 1.51. The summed E-state index contributed by atoms with van der Waals surface area (Å²) in [5, 5.41) is 5.97. The number of halogens is 1. The van der Waals surface area contributed by atoms with Gasteiger partial charge in [0.05, 0.1) is 18.3 Å². The molecule has 110 valence electrons. The second kappa shape index (κ2) is 6.22. The Hall–Kier alpha value is -1.62. The van der Waals surface area contributed by atoms with E-state index in [1.165, 1.54) is 25.3 Å². The monoisotopic (exact) mass is 280 g/mol. The Bertz CT molecular complexity index is 485. The van der Waals surface area contributed by atoms with E-state index in [1.54, 1.807) is 0 Å². The van der Waals surface area contributed by atoms with E-state index in [-0.39, 0.29) is 11.6 Å². The number of benzene rings is 1. The van der Waals surface area contributed by atoms with Gasteiger partial charge in [0.2, 0.25) is 5.91 Å². The van der Waals surface area contributed by atoms with Crippen molar-refractivity contribution in [3.05, 3.63) is 24.0 Å². The molecule has 1 aliphatic rings. The van der Waals surface area contributed by atoms with Gasteiger partial charge in [0.15, 0.2) is 0 Å². The average molecular weight is 280 g/mol. The lowest BCUT2D eigenvalue weighted by atomic mass is 9.90. The number of rotatable bonds is 5. The zero-order valence-corrected chi connectivity index (χ0v) is 12.0. The molecule has 1 saturated heterocycles. The minimum Gasteiger partial charge on any atom is -0.497 e. The number of amides is 1. The molecule has 0 saturated carbocycles. The molecule has 5 heteroatoms. The SMILES string of the molecule is CCCC1(C(=O)Nc2cc(OC)ccc2F)CCCN1. The first-order valence-electron chi connectivity index (χ1n) is 7.01. The molecule has 0 aromatic heterocycles. The highest BCUT2D eigenvalue weighted by atomic mass is 19.1. The van der Waals surface area contributed by atoms with Gasteiger partial charge in [0.25, 0.3) is 0 Å². The van der Waals surface area contributed by atoms with Crippen LogP contribution in [0, 0.1) is 5.82 Å². The van der Waals surface area contributed by atoms with Crippen LogP contribution in [0.1, 0.15) is 32.6 Å². The molecular weight excluding hydrogens is 259 g/mol. The summed E-state index contributed by atoms with van der Waals surface area (Å²) in [5.41, 5.74) is -0.400. The molecule has 0 radical (unpaired) electrons. The van der Waals surface area contributed by atoms with Gasteiger partial charge in [-0.25, -0.2) is 4.39 Å². The van der Waals surface area contributed by atoms with Crippen LogP contribution < -0.4 is 15.4 Å². The predicted molar refractivity (Wildman–Crippen MR) is 76.5 cm³/mol. The summed E-state index contributed by atoms with van der Waals surface area (Å²) in [6.45, 7) is 2.87. The molecule has 0 spiro atoms. The largest absolute Gasteiger partial charge is 0.497 e. The summed E-state index contributed by atoms with van der Waals surface area (Å²) in [5.74, 6) is -0.0987. The van der Waals surface area contributed by atoms with Crippen LogP contribution in [0.3, 0.4) is 0 Å². The Labute approximate surface area is 118 Å². The van der Waals surface area contributed by atoms with E-state index < -0.39 is 11.4 Å². The number of hydrogen-bond acceptors (Lipinski definition) is 3. The van der Waals surface area contributed by atoms with Gasteiger partial charge >= 0.3 is 0 Å². The van der Waals surface area contributed by atoms with Crippen LogP contribution >= 0.6 is 0 Å². The highest BCUT2D eigenvalue weighted by molar-refractivity contribution is 5.98. The Morgan fingerprint density at radius 2 is 2.35 bits per heavy atom. The second-order valence-corrected chi connectivity index (χ2v) is 5.16. The Morgan fingerprint density at radius 3 is 2.95 bits per heavy atom. The molecule has 0 aliphatic carbocycles. The molecule has 4 nitrogen and oxygen atoms in total. The molecule has 2 N–H and O–H groups in total. The van der Waals surface area contributed by atoms with Crippen molar-refractivity contribution in [3.63, 3.8) is 0 Å². The molecule has 1 aromatic rings. The number of hydrogen-bond donors (Lipinski definition) is 2. The minimum atomic E-state index is -0.565. The molecule has 1 aromatic carbocycles. The first-order chi connectivity index (χ1) is 9.61. The van der Waals surface area contributed by atoms with Crippen molar-refractivity contribution in [1.82, 2.24) is 5.32 Å². The molecule has 20 heavy (non-hydrogen) atoms. The third-order valence-electron chi connectivity index (χ3n) is 3.78. The fourth-order valence-electron chi connectivity index (χ4n) is 2.72. The molecule has 1 amide bonds. The van der Waals surface area contributed by atoms with Gasteiger partial charge in [-0.3, -0.25) is 4.79 Å². The lowest BCUT2D eigenvalue weighted by molar-refractivity contribution is -0.122. The molecule has 1 heterocycles. The van der Waals surface area contributed by atoms with E-state index >= 15 is 0 Å². The Balaban J connectivity index is 2.18. The van der Waals surface area contributed by atoms with E-state index in [9.17, 15) is 9.18 Å². The van der Waals surface area contributed by atoms with E-state index in [0.717, 1.165) is 32.2 Å². The first-order valence-corrected chi connectivity index (χ1v) is 7.01. The van der Waals surface area contributed by atoms with Crippen molar-refractivity contribution in [1.29, 1.82) is 0 Å². The third kappa shape index (κ3) is 2.93. The number of carbonyl (C=O) groups excluding carboxylic acids is 1. The Kier molecular flexibility index (Phi) is 4.60. The number of nitrogens with one attached hydrogen (secondary N) is 2. The van der Waals surface area contributed by atoms with Crippen LogP contribution in [0.15, 0.2) is 18.2 Å². The maximum absolute atomic E-state index is 13.8. The zero-order chi connectivity index (χ0) is 14.6. The smallest absolute Gasteiger partial charge is 0.244 e. The van der Waals surface area contributed by atoms with Crippen molar-refractivity contribution in [3.8, 4) is 5.75 Å². The molecule has 0 bridgehead atoms. The molecule has 1 aliphatic heterocycles. The van der Waals surface area contributed by atoms with Crippen LogP contribution in [0.25, 0.3) is 0 Å². The van der Waals surface area contributed by atoms with Crippen LogP contribution in [-0.4, -0.2) is 25.1 Å². The van der Waals surface area contributed by atoms with Crippen LogP contribution in [0.2, 0.25) is 0 Å². The van der Waals surface area contributed by atoms with Gasteiger partial charge in [0.1, 0.15) is 11.6 Å². The van der Waals surface area contributed by atoms with E-state index in [0.29, 0.717) is 5.75 Å². The van der Waals surface area contributed by atoms with Crippen LogP contribution in [-0.2, 0) is 4.79 Å². The number of methoxy groups -OCH3 is 1. The van der Waals surface area contributed by atoms with Crippen LogP contribution in [0.4, 0.5) is 10.1 Å². The Morgan fingerprint density at radius 1 is 1.55 bits per heavy atom.